The third-order valence-corrected chi connectivity index (χ3v) is 2.76. The molecule has 2 rings (SSSR count). The van der Waals surface area contributed by atoms with Gasteiger partial charge in [-0.15, -0.1) is 0 Å². The average molecular weight is 237 g/mol. The molecule has 0 saturated heterocycles. The van der Waals surface area contributed by atoms with Crippen molar-refractivity contribution in [2.75, 3.05) is 6.61 Å². The van der Waals surface area contributed by atoms with Crippen LogP contribution in [0.25, 0.3) is 0 Å². The van der Waals surface area contributed by atoms with Crippen LogP contribution in [0.5, 0.6) is 5.75 Å². The Labute approximate surface area is 99.9 Å². The van der Waals surface area contributed by atoms with Crippen molar-refractivity contribution in [3.8, 4) is 5.75 Å². The molecule has 0 atom stereocenters. The second kappa shape index (κ2) is 4.71. The fraction of sp³-hybridized carbons (Fsp3) is 0.308. The zero-order chi connectivity index (χ0) is 11.5. The van der Waals surface area contributed by atoms with Gasteiger partial charge in [0.1, 0.15) is 5.75 Å². The van der Waals surface area contributed by atoms with Crippen molar-refractivity contribution in [1.29, 1.82) is 0 Å². The van der Waals surface area contributed by atoms with Crippen LogP contribution in [0, 0.1) is 0 Å². The third-order valence-electron chi connectivity index (χ3n) is 2.54. The molecule has 0 N–H and O–H groups in total. The number of rotatable bonds is 3. The number of halogens is 1. The highest BCUT2D eigenvalue weighted by atomic mass is 35.5. The minimum Gasteiger partial charge on any atom is -0.493 e. The minimum absolute atomic E-state index is 0.0717. The Bertz CT molecular complexity index is 449. The first-order valence-electron chi connectivity index (χ1n) is 5.30. The largest absolute Gasteiger partial charge is 0.493 e. The number of benzene rings is 1. The lowest BCUT2D eigenvalue weighted by molar-refractivity contribution is -0.114. The molecule has 0 spiro atoms. The SMILES string of the molecule is C/C=C/C(=O)Cc1cc(Cl)cc2c1OCC2. The van der Waals surface area contributed by atoms with Crippen LogP contribution in [0.3, 0.4) is 0 Å². The Hall–Kier alpha value is -1.28. The van der Waals surface area contributed by atoms with Crippen LogP contribution < -0.4 is 4.74 Å². The molecule has 1 aromatic rings. The number of hydrogen-bond donors (Lipinski definition) is 0. The average Bonchev–Trinajstić information content (AvgIpc) is 2.65. The molecule has 1 aromatic carbocycles. The van der Waals surface area contributed by atoms with Crippen LogP contribution in [-0.2, 0) is 17.6 Å². The van der Waals surface area contributed by atoms with Gasteiger partial charge in [-0.3, -0.25) is 4.79 Å². The van der Waals surface area contributed by atoms with Gasteiger partial charge in [0.15, 0.2) is 5.78 Å². The molecule has 0 fully saturated rings. The summed E-state index contributed by atoms with van der Waals surface area (Å²) < 4.78 is 5.53. The van der Waals surface area contributed by atoms with Gasteiger partial charge in [-0.25, -0.2) is 0 Å². The van der Waals surface area contributed by atoms with E-state index >= 15 is 0 Å². The van der Waals surface area contributed by atoms with E-state index in [9.17, 15) is 4.79 Å². The molecule has 0 amide bonds. The van der Waals surface area contributed by atoms with E-state index in [-0.39, 0.29) is 5.78 Å². The van der Waals surface area contributed by atoms with Gasteiger partial charge < -0.3 is 4.74 Å². The zero-order valence-corrected chi connectivity index (χ0v) is 9.88. The highest BCUT2D eigenvalue weighted by Crippen LogP contribution is 2.33. The Morgan fingerprint density at radius 3 is 3.12 bits per heavy atom. The Morgan fingerprint density at radius 2 is 2.38 bits per heavy atom. The summed E-state index contributed by atoms with van der Waals surface area (Å²) >= 11 is 6.00. The molecule has 0 bridgehead atoms. The van der Waals surface area contributed by atoms with Gasteiger partial charge in [0, 0.05) is 23.4 Å². The summed E-state index contributed by atoms with van der Waals surface area (Å²) in [5, 5.41) is 0.674. The minimum atomic E-state index is 0.0717. The summed E-state index contributed by atoms with van der Waals surface area (Å²) in [7, 11) is 0. The number of carbonyl (C=O) groups is 1. The summed E-state index contributed by atoms with van der Waals surface area (Å²) in [5.74, 6) is 0.921. The first-order chi connectivity index (χ1) is 7.70. The van der Waals surface area contributed by atoms with E-state index in [1.54, 1.807) is 12.2 Å². The first kappa shape index (κ1) is 11.2. The van der Waals surface area contributed by atoms with Crippen LogP contribution in [-0.4, -0.2) is 12.4 Å². The van der Waals surface area contributed by atoms with Gasteiger partial charge in [-0.2, -0.15) is 0 Å². The molecule has 16 heavy (non-hydrogen) atoms. The van der Waals surface area contributed by atoms with Gasteiger partial charge in [0.25, 0.3) is 0 Å². The summed E-state index contributed by atoms with van der Waals surface area (Å²) in [6.07, 6.45) is 4.55. The van der Waals surface area contributed by atoms with Crippen molar-refractivity contribution in [1.82, 2.24) is 0 Å². The summed E-state index contributed by atoms with van der Waals surface area (Å²) in [6.45, 7) is 2.51. The molecular weight excluding hydrogens is 224 g/mol. The van der Waals surface area contributed by atoms with Crippen LogP contribution in [0.2, 0.25) is 5.02 Å². The third kappa shape index (κ3) is 2.27. The Balaban J connectivity index is 2.30. The summed E-state index contributed by atoms with van der Waals surface area (Å²) in [6, 6.07) is 3.72. The predicted octanol–water partition coefficient (Wildman–Crippen LogP) is 2.96. The molecule has 0 saturated carbocycles. The smallest absolute Gasteiger partial charge is 0.159 e. The van der Waals surface area contributed by atoms with Gasteiger partial charge in [0.2, 0.25) is 0 Å². The van der Waals surface area contributed by atoms with Crippen molar-refractivity contribution in [2.45, 2.75) is 19.8 Å². The van der Waals surface area contributed by atoms with Crippen molar-refractivity contribution in [3.63, 3.8) is 0 Å². The molecule has 2 nitrogen and oxygen atoms in total. The molecule has 0 unspecified atom stereocenters. The van der Waals surface area contributed by atoms with E-state index in [4.69, 9.17) is 16.3 Å². The van der Waals surface area contributed by atoms with Gasteiger partial charge >= 0.3 is 0 Å². The molecule has 1 heterocycles. The highest BCUT2D eigenvalue weighted by molar-refractivity contribution is 6.30. The Kier molecular flexibility index (Phi) is 3.30. The van der Waals surface area contributed by atoms with Gasteiger partial charge in [-0.1, -0.05) is 17.7 Å². The van der Waals surface area contributed by atoms with Gasteiger partial charge in [0.05, 0.1) is 6.61 Å². The van der Waals surface area contributed by atoms with Gasteiger partial charge in [-0.05, 0) is 30.7 Å². The van der Waals surface area contributed by atoms with E-state index in [2.05, 4.69) is 0 Å². The van der Waals surface area contributed by atoms with Crippen molar-refractivity contribution >= 4 is 17.4 Å². The zero-order valence-electron chi connectivity index (χ0n) is 9.13. The number of ketones is 1. The number of allylic oxidation sites excluding steroid dienone is 2. The topological polar surface area (TPSA) is 26.3 Å². The predicted molar refractivity (Wildman–Crippen MR) is 64.2 cm³/mol. The Morgan fingerprint density at radius 1 is 1.56 bits per heavy atom. The lowest BCUT2D eigenvalue weighted by atomic mass is 10.0. The number of ether oxygens (including phenoxy) is 1. The van der Waals surface area contributed by atoms with Crippen LogP contribution in [0.15, 0.2) is 24.3 Å². The molecule has 0 aliphatic carbocycles. The van der Waals surface area contributed by atoms with E-state index in [0.29, 0.717) is 18.1 Å². The maximum atomic E-state index is 11.5. The maximum Gasteiger partial charge on any atom is 0.159 e. The first-order valence-corrected chi connectivity index (χ1v) is 5.68. The quantitative estimate of drug-likeness (QED) is 0.755. The number of hydrogen-bond acceptors (Lipinski definition) is 2. The fourth-order valence-corrected chi connectivity index (χ4v) is 2.17. The standard InChI is InChI=1S/C13H13ClO2/c1-2-3-12(15)8-10-7-11(14)6-9-4-5-16-13(9)10/h2-3,6-7H,4-5,8H2,1H3/b3-2+. The maximum absolute atomic E-state index is 11.5. The van der Waals surface area contributed by atoms with Crippen molar-refractivity contribution in [2.24, 2.45) is 0 Å². The lowest BCUT2D eigenvalue weighted by Crippen LogP contribution is -2.00. The molecule has 1 aliphatic heterocycles. The van der Waals surface area contributed by atoms with Crippen molar-refractivity contribution in [3.05, 3.63) is 40.4 Å². The molecule has 84 valence electrons. The fourth-order valence-electron chi connectivity index (χ4n) is 1.91. The second-order valence-electron chi connectivity index (χ2n) is 3.79. The molecular formula is C13H13ClO2. The molecule has 0 aromatic heterocycles. The second-order valence-corrected chi connectivity index (χ2v) is 4.23. The van der Waals surface area contributed by atoms with E-state index < -0.39 is 0 Å². The summed E-state index contributed by atoms with van der Waals surface area (Å²) in [4.78, 5) is 11.5. The number of fused-ring (bicyclic) bond motifs is 1. The lowest BCUT2D eigenvalue weighted by Gasteiger charge is -2.07. The normalized spacial score (nSPS) is 13.9. The van der Waals surface area contributed by atoms with Crippen LogP contribution in [0.4, 0.5) is 0 Å². The molecule has 1 aliphatic rings. The van der Waals surface area contributed by atoms with E-state index in [1.165, 1.54) is 0 Å². The monoisotopic (exact) mass is 236 g/mol. The highest BCUT2D eigenvalue weighted by Gasteiger charge is 2.18. The van der Waals surface area contributed by atoms with Crippen LogP contribution in [0.1, 0.15) is 18.1 Å². The molecule has 0 radical (unpaired) electrons. The summed E-state index contributed by atoms with van der Waals surface area (Å²) in [5.41, 5.74) is 2.00. The number of carbonyl (C=O) groups excluding carboxylic acids is 1. The van der Waals surface area contributed by atoms with Crippen molar-refractivity contribution < 1.29 is 9.53 Å². The van der Waals surface area contributed by atoms with Crippen LogP contribution >= 0.6 is 11.6 Å². The van der Waals surface area contributed by atoms with E-state index in [1.807, 2.05) is 19.1 Å². The molecule has 3 heteroatoms. The van der Waals surface area contributed by atoms with E-state index in [0.717, 1.165) is 23.3 Å².